The third-order valence-electron chi connectivity index (χ3n) is 3.15. The second kappa shape index (κ2) is 6.84. The number of hydrogen-bond acceptors (Lipinski definition) is 3. The highest BCUT2D eigenvalue weighted by molar-refractivity contribution is 9.10. The third kappa shape index (κ3) is 3.89. The van der Waals surface area contributed by atoms with E-state index in [1.165, 1.54) is 11.1 Å². The van der Waals surface area contributed by atoms with E-state index in [1.807, 2.05) is 23.0 Å². The van der Waals surface area contributed by atoms with Gasteiger partial charge in [0.1, 0.15) is 0 Å². The van der Waals surface area contributed by atoms with Gasteiger partial charge in [-0.2, -0.15) is 5.10 Å². The van der Waals surface area contributed by atoms with Crippen LogP contribution in [0.5, 0.6) is 0 Å². The molecular weight excluding hydrogens is 304 g/mol. The van der Waals surface area contributed by atoms with Gasteiger partial charge >= 0.3 is 0 Å². The number of aryl methyl sites for hydroxylation is 1. The molecular formula is C14H19BrN4. The Morgan fingerprint density at radius 1 is 1.37 bits per heavy atom. The van der Waals surface area contributed by atoms with Crippen molar-refractivity contribution < 1.29 is 0 Å². The summed E-state index contributed by atoms with van der Waals surface area (Å²) in [4.78, 5) is 0. The molecule has 1 atom stereocenters. The quantitative estimate of drug-likeness (QED) is 0.633. The average molecular weight is 323 g/mol. The van der Waals surface area contributed by atoms with E-state index in [0.29, 0.717) is 0 Å². The second-order valence-corrected chi connectivity index (χ2v) is 5.42. The van der Waals surface area contributed by atoms with E-state index in [-0.39, 0.29) is 6.04 Å². The predicted molar refractivity (Wildman–Crippen MR) is 80.6 cm³/mol. The number of nitrogens with two attached hydrogens (primary N) is 1. The molecule has 0 amide bonds. The van der Waals surface area contributed by atoms with Crippen molar-refractivity contribution in [3.05, 3.63) is 52.3 Å². The average Bonchev–Trinajstić information content (AvgIpc) is 2.88. The lowest BCUT2D eigenvalue weighted by molar-refractivity contribution is 0.521. The van der Waals surface area contributed by atoms with E-state index in [1.54, 1.807) is 0 Å². The highest BCUT2D eigenvalue weighted by Gasteiger charge is 2.11. The van der Waals surface area contributed by atoms with Crippen LogP contribution < -0.4 is 11.3 Å². The molecule has 3 N–H and O–H groups in total. The third-order valence-corrected chi connectivity index (χ3v) is 3.93. The van der Waals surface area contributed by atoms with Crippen molar-refractivity contribution in [1.82, 2.24) is 15.2 Å². The SMILES string of the molecule is CCn1cc(CC(Cc2ccccc2Br)NN)cn1. The Morgan fingerprint density at radius 2 is 2.16 bits per heavy atom. The van der Waals surface area contributed by atoms with Gasteiger partial charge in [-0.25, -0.2) is 0 Å². The first-order chi connectivity index (χ1) is 9.22. The van der Waals surface area contributed by atoms with Crippen LogP contribution in [0.1, 0.15) is 18.1 Å². The Bertz CT molecular complexity index is 524. The molecule has 0 saturated carbocycles. The summed E-state index contributed by atoms with van der Waals surface area (Å²) >= 11 is 3.57. The van der Waals surface area contributed by atoms with Gasteiger partial charge in [0, 0.05) is 23.3 Å². The fourth-order valence-corrected chi connectivity index (χ4v) is 2.54. The lowest BCUT2D eigenvalue weighted by Gasteiger charge is -2.15. The first kappa shape index (κ1) is 14.2. The lowest BCUT2D eigenvalue weighted by atomic mass is 10.0. The van der Waals surface area contributed by atoms with Crippen LogP contribution in [0.15, 0.2) is 41.1 Å². The molecule has 102 valence electrons. The summed E-state index contributed by atoms with van der Waals surface area (Å²) in [6, 6.07) is 8.43. The van der Waals surface area contributed by atoms with Gasteiger partial charge in [-0.15, -0.1) is 0 Å². The van der Waals surface area contributed by atoms with Crippen molar-refractivity contribution in [2.24, 2.45) is 5.84 Å². The number of nitrogens with zero attached hydrogens (tertiary/aromatic N) is 2. The van der Waals surface area contributed by atoms with Crippen LogP contribution in [0.4, 0.5) is 0 Å². The van der Waals surface area contributed by atoms with Crippen molar-refractivity contribution in [2.45, 2.75) is 32.4 Å². The van der Waals surface area contributed by atoms with E-state index in [9.17, 15) is 0 Å². The molecule has 19 heavy (non-hydrogen) atoms. The zero-order valence-corrected chi connectivity index (χ0v) is 12.6. The maximum absolute atomic E-state index is 5.67. The van der Waals surface area contributed by atoms with Crippen molar-refractivity contribution in [3.8, 4) is 0 Å². The van der Waals surface area contributed by atoms with E-state index in [4.69, 9.17) is 5.84 Å². The molecule has 2 aromatic rings. The lowest BCUT2D eigenvalue weighted by Crippen LogP contribution is -2.38. The van der Waals surface area contributed by atoms with Gasteiger partial charge < -0.3 is 0 Å². The molecule has 0 radical (unpaired) electrons. The van der Waals surface area contributed by atoms with Gasteiger partial charge in [-0.1, -0.05) is 34.1 Å². The van der Waals surface area contributed by atoms with Gasteiger partial charge in [0.15, 0.2) is 0 Å². The summed E-state index contributed by atoms with van der Waals surface area (Å²) in [5, 5.41) is 4.29. The Morgan fingerprint density at radius 3 is 2.79 bits per heavy atom. The summed E-state index contributed by atoms with van der Waals surface area (Å²) in [6.45, 7) is 2.97. The van der Waals surface area contributed by atoms with Crippen LogP contribution in [0.25, 0.3) is 0 Å². The number of benzene rings is 1. The highest BCUT2D eigenvalue weighted by Crippen LogP contribution is 2.18. The zero-order chi connectivity index (χ0) is 13.7. The first-order valence-electron chi connectivity index (χ1n) is 6.43. The van der Waals surface area contributed by atoms with Crippen LogP contribution in [-0.2, 0) is 19.4 Å². The van der Waals surface area contributed by atoms with Crippen LogP contribution in [0, 0.1) is 0 Å². The van der Waals surface area contributed by atoms with E-state index >= 15 is 0 Å². The van der Waals surface area contributed by atoms with Crippen LogP contribution >= 0.6 is 15.9 Å². The Hall–Kier alpha value is -1.17. The van der Waals surface area contributed by atoms with Gasteiger partial charge in [0.05, 0.1) is 6.20 Å². The molecule has 2 rings (SSSR count). The topological polar surface area (TPSA) is 55.9 Å². The Balaban J connectivity index is 2.02. The minimum atomic E-state index is 0.202. The Kier molecular flexibility index (Phi) is 5.13. The molecule has 0 aliphatic carbocycles. The molecule has 1 aromatic carbocycles. The molecule has 0 spiro atoms. The Labute approximate surface area is 122 Å². The van der Waals surface area contributed by atoms with Gasteiger partial charge in [0.2, 0.25) is 0 Å². The van der Waals surface area contributed by atoms with Crippen LogP contribution in [-0.4, -0.2) is 15.8 Å². The van der Waals surface area contributed by atoms with Gasteiger partial charge in [0.25, 0.3) is 0 Å². The number of hydrogen-bond donors (Lipinski definition) is 2. The normalized spacial score (nSPS) is 12.6. The predicted octanol–water partition coefficient (Wildman–Crippen LogP) is 2.28. The second-order valence-electron chi connectivity index (χ2n) is 4.57. The van der Waals surface area contributed by atoms with Crippen molar-refractivity contribution >= 4 is 15.9 Å². The highest BCUT2D eigenvalue weighted by atomic mass is 79.9. The zero-order valence-electron chi connectivity index (χ0n) is 11.0. The van der Waals surface area contributed by atoms with Gasteiger partial charge in [-0.05, 0) is 37.0 Å². The molecule has 1 unspecified atom stereocenters. The van der Waals surface area contributed by atoms with Gasteiger partial charge in [-0.3, -0.25) is 16.0 Å². The number of hydrazine groups is 1. The van der Waals surface area contributed by atoms with Crippen molar-refractivity contribution in [1.29, 1.82) is 0 Å². The molecule has 5 heteroatoms. The standard InChI is InChI=1S/C14H19BrN4/c1-2-19-10-11(9-17-19)7-13(18-16)8-12-5-3-4-6-14(12)15/h3-6,9-10,13,18H,2,7-8,16H2,1H3. The maximum Gasteiger partial charge on any atom is 0.0522 e. The fraction of sp³-hybridized carbons (Fsp3) is 0.357. The van der Waals surface area contributed by atoms with Crippen molar-refractivity contribution in [3.63, 3.8) is 0 Å². The molecule has 0 bridgehead atoms. The molecule has 0 aliphatic heterocycles. The fourth-order valence-electron chi connectivity index (χ4n) is 2.09. The molecule has 0 aliphatic rings. The first-order valence-corrected chi connectivity index (χ1v) is 7.23. The monoisotopic (exact) mass is 322 g/mol. The molecule has 1 heterocycles. The number of rotatable bonds is 6. The number of aromatic nitrogens is 2. The molecule has 0 saturated heterocycles. The minimum absolute atomic E-state index is 0.202. The largest absolute Gasteiger partial charge is 0.273 e. The summed E-state index contributed by atoms with van der Waals surface area (Å²) < 4.78 is 3.06. The summed E-state index contributed by atoms with van der Waals surface area (Å²) in [6.07, 6.45) is 5.74. The van der Waals surface area contributed by atoms with Crippen molar-refractivity contribution in [2.75, 3.05) is 0 Å². The van der Waals surface area contributed by atoms with E-state index in [2.05, 4.69) is 51.7 Å². The minimum Gasteiger partial charge on any atom is -0.273 e. The number of nitrogens with one attached hydrogen (secondary N) is 1. The number of halogens is 1. The van der Waals surface area contributed by atoms with Crippen LogP contribution in [0.2, 0.25) is 0 Å². The van der Waals surface area contributed by atoms with E-state index < -0.39 is 0 Å². The molecule has 4 nitrogen and oxygen atoms in total. The summed E-state index contributed by atoms with van der Waals surface area (Å²) in [7, 11) is 0. The maximum atomic E-state index is 5.67. The van der Waals surface area contributed by atoms with Crippen LogP contribution in [0.3, 0.4) is 0 Å². The van der Waals surface area contributed by atoms with E-state index in [0.717, 1.165) is 23.9 Å². The smallest absolute Gasteiger partial charge is 0.0522 e. The summed E-state index contributed by atoms with van der Waals surface area (Å²) in [5.41, 5.74) is 5.36. The molecule has 1 aromatic heterocycles. The molecule has 0 fully saturated rings. The summed E-state index contributed by atoms with van der Waals surface area (Å²) in [5.74, 6) is 5.67.